The first-order valence-corrected chi connectivity index (χ1v) is 6.81. The van der Waals surface area contributed by atoms with Crippen LogP contribution in [-0.4, -0.2) is 5.11 Å². The molecule has 2 rings (SSSR count). The zero-order valence-corrected chi connectivity index (χ0v) is 12.7. The maximum absolute atomic E-state index is 9.82. The summed E-state index contributed by atoms with van der Waals surface area (Å²) in [5.41, 5.74) is 2.33. The van der Waals surface area contributed by atoms with E-state index in [0.29, 0.717) is 10.2 Å². The van der Waals surface area contributed by atoms with E-state index in [1.807, 2.05) is 31.2 Å². The second-order valence-electron chi connectivity index (χ2n) is 3.79. The highest BCUT2D eigenvalue weighted by Gasteiger charge is 2.06. The second-order valence-corrected chi connectivity index (χ2v) is 5.56. The molecule has 0 aromatic heterocycles. The lowest BCUT2D eigenvalue weighted by Crippen LogP contribution is -1.73. The van der Waals surface area contributed by atoms with E-state index in [4.69, 9.17) is 0 Å². The lowest BCUT2D eigenvalue weighted by Gasteiger charge is -2.01. The van der Waals surface area contributed by atoms with E-state index in [1.54, 1.807) is 12.1 Å². The molecule has 2 aromatic carbocycles. The Morgan fingerprint density at radius 3 is 2.33 bits per heavy atom. The monoisotopic (exact) mass is 368 g/mol. The van der Waals surface area contributed by atoms with Gasteiger partial charge in [0.25, 0.3) is 0 Å². The summed E-state index contributed by atoms with van der Waals surface area (Å²) in [6.45, 7) is 2.01. The van der Waals surface area contributed by atoms with Crippen LogP contribution in [0.25, 0.3) is 0 Å². The van der Waals surface area contributed by atoms with Gasteiger partial charge in [0.05, 0.1) is 10.2 Å². The molecule has 0 atom stereocenters. The summed E-state index contributed by atoms with van der Waals surface area (Å²) in [4.78, 5) is 0. The van der Waals surface area contributed by atoms with Crippen LogP contribution in [0, 0.1) is 6.92 Å². The van der Waals surface area contributed by atoms with Crippen molar-refractivity contribution in [2.75, 3.05) is 0 Å². The quantitative estimate of drug-likeness (QED) is 0.684. The van der Waals surface area contributed by atoms with Crippen LogP contribution in [0.5, 0.6) is 5.75 Å². The highest BCUT2D eigenvalue weighted by atomic mass is 79.9. The molecule has 0 saturated carbocycles. The van der Waals surface area contributed by atoms with Crippen LogP contribution >= 0.6 is 31.9 Å². The van der Waals surface area contributed by atoms with Gasteiger partial charge in [-0.2, -0.15) is 5.11 Å². The standard InChI is InChI=1S/C13H10Br2N2O/c1-8-2-4-10(5-3-8)16-17-12-7-9(14)6-11(15)13(12)18/h2-7,18H,1H3. The Bertz CT molecular complexity index is 595. The molecule has 0 heterocycles. The molecule has 0 spiro atoms. The summed E-state index contributed by atoms with van der Waals surface area (Å²) in [5.74, 6) is 0.0778. The molecule has 0 aliphatic heterocycles. The normalized spacial score (nSPS) is 11.1. The second kappa shape index (κ2) is 5.63. The molecule has 0 radical (unpaired) electrons. The average Bonchev–Trinajstić information content (AvgIpc) is 2.34. The Hall–Kier alpha value is -1.20. The highest BCUT2D eigenvalue weighted by molar-refractivity contribution is 9.11. The number of phenolic OH excluding ortho intramolecular Hbond substituents is 1. The number of halogens is 2. The largest absolute Gasteiger partial charge is 0.505 e. The van der Waals surface area contributed by atoms with E-state index in [1.165, 1.54) is 5.56 Å². The van der Waals surface area contributed by atoms with Crippen LogP contribution in [0.2, 0.25) is 0 Å². The van der Waals surface area contributed by atoms with Gasteiger partial charge in [-0.25, -0.2) is 0 Å². The Morgan fingerprint density at radius 1 is 1.00 bits per heavy atom. The number of hydrogen-bond acceptors (Lipinski definition) is 3. The fourth-order valence-electron chi connectivity index (χ4n) is 1.35. The fraction of sp³-hybridized carbons (Fsp3) is 0.0769. The van der Waals surface area contributed by atoms with Crippen molar-refractivity contribution in [1.82, 2.24) is 0 Å². The first-order chi connectivity index (χ1) is 8.56. The topological polar surface area (TPSA) is 45.0 Å². The zero-order chi connectivity index (χ0) is 13.1. The molecule has 92 valence electrons. The van der Waals surface area contributed by atoms with E-state index < -0.39 is 0 Å². The summed E-state index contributed by atoms with van der Waals surface area (Å²) < 4.78 is 1.40. The van der Waals surface area contributed by atoms with Gasteiger partial charge >= 0.3 is 0 Å². The van der Waals surface area contributed by atoms with Crippen molar-refractivity contribution in [1.29, 1.82) is 0 Å². The molecule has 18 heavy (non-hydrogen) atoms. The van der Waals surface area contributed by atoms with Crippen LogP contribution in [0.1, 0.15) is 5.56 Å². The Balaban J connectivity index is 2.31. The third kappa shape index (κ3) is 3.17. The van der Waals surface area contributed by atoms with Crippen molar-refractivity contribution in [3.05, 3.63) is 50.9 Å². The maximum Gasteiger partial charge on any atom is 0.157 e. The summed E-state index contributed by atoms with van der Waals surface area (Å²) in [6, 6.07) is 11.1. The van der Waals surface area contributed by atoms with Crippen LogP contribution in [0.4, 0.5) is 11.4 Å². The summed E-state index contributed by atoms with van der Waals surface area (Å²) in [5, 5.41) is 17.9. The SMILES string of the molecule is Cc1ccc(N=Nc2cc(Br)cc(Br)c2O)cc1. The summed E-state index contributed by atoms with van der Waals surface area (Å²) in [6.07, 6.45) is 0. The van der Waals surface area contributed by atoms with Gasteiger partial charge in [0.2, 0.25) is 0 Å². The average molecular weight is 370 g/mol. The molecule has 5 heteroatoms. The van der Waals surface area contributed by atoms with Gasteiger partial charge < -0.3 is 5.11 Å². The third-order valence-corrected chi connectivity index (χ3v) is 3.38. The molecule has 0 fully saturated rings. The summed E-state index contributed by atoms with van der Waals surface area (Å²) >= 11 is 6.59. The van der Waals surface area contributed by atoms with E-state index >= 15 is 0 Å². The van der Waals surface area contributed by atoms with Crippen LogP contribution in [0.15, 0.2) is 55.6 Å². The van der Waals surface area contributed by atoms with Crippen LogP contribution in [0.3, 0.4) is 0 Å². The van der Waals surface area contributed by atoms with E-state index in [2.05, 4.69) is 42.1 Å². The van der Waals surface area contributed by atoms with Gasteiger partial charge in [-0.1, -0.05) is 33.6 Å². The first-order valence-electron chi connectivity index (χ1n) is 5.22. The molecule has 0 saturated heterocycles. The highest BCUT2D eigenvalue weighted by Crippen LogP contribution is 2.38. The zero-order valence-electron chi connectivity index (χ0n) is 9.56. The van der Waals surface area contributed by atoms with Gasteiger partial charge in [0.1, 0.15) is 5.69 Å². The number of rotatable bonds is 2. The Kier molecular flexibility index (Phi) is 4.14. The van der Waals surface area contributed by atoms with E-state index in [0.717, 1.165) is 10.2 Å². The minimum absolute atomic E-state index is 0.0778. The van der Waals surface area contributed by atoms with Crippen molar-refractivity contribution in [3.63, 3.8) is 0 Å². The van der Waals surface area contributed by atoms with Crippen molar-refractivity contribution < 1.29 is 5.11 Å². The summed E-state index contributed by atoms with van der Waals surface area (Å²) in [7, 11) is 0. The van der Waals surface area contributed by atoms with Crippen LogP contribution in [-0.2, 0) is 0 Å². The predicted octanol–water partition coefficient (Wildman–Crippen LogP) is 5.64. The van der Waals surface area contributed by atoms with Gasteiger partial charge in [0, 0.05) is 4.47 Å². The molecule has 0 amide bonds. The maximum atomic E-state index is 9.82. The van der Waals surface area contributed by atoms with E-state index in [-0.39, 0.29) is 5.75 Å². The minimum atomic E-state index is 0.0778. The molecule has 3 nitrogen and oxygen atoms in total. The number of hydrogen-bond donors (Lipinski definition) is 1. The van der Waals surface area contributed by atoms with Crippen molar-refractivity contribution in [2.45, 2.75) is 6.92 Å². The number of nitrogens with zero attached hydrogens (tertiary/aromatic N) is 2. The number of aromatic hydroxyl groups is 1. The molecule has 0 aliphatic rings. The van der Waals surface area contributed by atoms with Crippen molar-refractivity contribution in [2.24, 2.45) is 10.2 Å². The van der Waals surface area contributed by atoms with E-state index in [9.17, 15) is 5.11 Å². The van der Waals surface area contributed by atoms with Gasteiger partial charge in [-0.3, -0.25) is 0 Å². The predicted molar refractivity (Wildman–Crippen MR) is 78.9 cm³/mol. The van der Waals surface area contributed by atoms with Gasteiger partial charge in [-0.15, -0.1) is 5.11 Å². The fourth-order valence-corrected chi connectivity index (χ4v) is 2.55. The molecular weight excluding hydrogens is 360 g/mol. The molecule has 1 N–H and O–H groups in total. The first kappa shape index (κ1) is 13.2. The Morgan fingerprint density at radius 2 is 1.67 bits per heavy atom. The number of benzene rings is 2. The molecule has 0 bridgehead atoms. The molecule has 0 aliphatic carbocycles. The Labute approximate surface area is 122 Å². The lowest BCUT2D eigenvalue weighted by molar-refractivity contribution is 0.473. The van der Waals surface area contributed by atoms with Gasteiger partial charge in [-0.05, 0) is 47.1 Å². The van der Waals surface area contributed by atoms with Crippen LogP contribution < -0.4 is 0 Å². The van der Waals surface area contributed by atoms with Crippen molar-refractivity contribution >= 4 is 43.2 Å². The van der Waals surface area contributed by atoms with Crippen molar-refractivity contribution in [3.8, 4) is 5.75 Å². The number of aryl methyl sites for hydroxylation is 1. The number of phenols is 1. The minimum Gasteiger partial charge on any atom is -0.505 e. The third-order valence-electron chi connectivity index (χ3n) is 2.32. The van der Waals surface area contributed by atoms with Gasteiger partial charge in [0.15, 0.2) is 5.75 Å². The molecular formula is C13H10Br2N2O. The smallest absolute Gasteiger partial charge is 0.157 e. The molecule has 2 aromatic rings. The lowest BCUT2D eigenvalue weighted by atomic mass is 10.2. The number of azo groups is 1. The molecule has 0 unspecified atom stereocenters.